The lowest BCUT2D eigenvalue weighted by atomic mass is 9.86. The second-order valence-corrected chi connectivity index (χ2v) is 13.5. The van der Waals surface area contributed by atoms with Crippen LogP contribution in [-0.2, 0) is 42.4 Å². The molecule has 1 aliphatic carbocycles. The van der Waals surface area contributed by atoms with Crippen molar-refractivity contribution < 1.29 is 46.9 Å². The molecule has 3 N–H and O–H groups in total. The number of nitrogens with one attached hydrogen (secondary N) is 1. The Labute approximate surface area is 282 Å². The molecule has 5 rings (SSSR count). The van der Waals surface area contributed by atoms with E-state index in [2.05, 4.69) is 15.2 Å². The molecule has 0 bridgehead atoms. The molecule has 49 heavy (non-hydrogen) atoms. The van der Waals surface area contributed by atoms with Crippen molar-refractivity contribution >= 4 is 37.0 Å². The van der Waals surface area contributed by atoms with Crippen LogP contribution in [0.2, 0.25) is 0 Å². The van der Waals surface area contributed by atoms with Gasteiger partial charge in [0.05, 0.1) is 12.3 Å². The number of fused-ring (bicyclic) bond motifs is 1. The van der Waals surface area contributed by atoms with Crippen molar-refractivity contribution in [1.29, 1.82) is 5.26 Å². The molecule has 1 saturated heterocycles. The van der Waals surface area contributed by atoms with E-state index >= 15 is 0 Å². The molecule has 16 nitrogen and oxygen atoms in total. The van der Waals surface area contributed by atoms with Crippen molar-refractivity contribution in [3.8, 4) is 11.8 Å². The van der Waals surface area contributed by atoms with Crippen LogP contribution >= 0.6 is 7.75 Å². The Morgan fingerprint density at radius 1 is 1.14 bits per heavy atom. The number of rotatable bonds is 15. The number of hydrogen-bond acceptors (Lipinski definition) is 14. The van der Waals surface area contributed by atoms with Gasteiger partial charge in [-0.15, -0.1) is 0 Å². The van der Waals surface area contributed by atoms with E-state index < -0.39 is 62.2 Å². The van der Waals surface area contributed by atoms with Gasteiger partial charge in [0.2, 0.25) is 5.60 Å². The number of hydrogen-bond donors (Lipinski definition) is 2. The topological polar surface area (TPSA) is 216 Å². The fourth-order valence-electron chi connectivity index (χ4n) is 5.35. The van der Waals surface area contributed by atoms with Crippen molar-refractivity contribution in [2.24, 2.45) is 5.92 Å². The number of benzene rings is 1. The molecule has 6 atom stereocenters. The Kier molecular flexibility index (Phi) is 11.2. The first-order valence-electron chi connectivity index (χ1n) is 16.0. The number of nitrogens with zero attached hydrogens (tertiary/aromatic N) is 4. The second kappa shape index (κ2) is 15.3. The van der Waals surface area contributed by atoms with E-state index in [4.69, 9.17) is 33.7 Å². The van der Waals surface area contributed by atoms with Gasteiger partial charge in [0, 0.05) is 12.8 Å². The number of anilines is 1. The third kappa shape index (κ3) is 8.02. The maximum absolute atomic E-state index is 14.4. The number of nitrogens with two attached hydrogens (primary N) is 1. The minimum Gasteiger partial charge on any atom is -0.464 e. The summed E-state index contributed by atoms with van der Waals surface area (Å²) in [7, 11) is -4.52. The number of para-hydroxylation sites is 1. The van der Waals surface area contributed by atoms with Crippen molar-refractivity contribution in [3.05, 3.63) is 54.5 Å². The van der Waals surface area contributed by atoms with Crippen LogP contribution in [0.1, 0.15) is 64.7 Å². The standard InChI is InChI=1S/C32H39N6O10P/c1-4-25(39)45-28-27(23-14-15-24-30(34)35-19-36-38(23)24)47-32(17-33,29(28)46-26(40)5-2)18-44-49(42,48-22-12-7-6-8-13-22)37-20(3)31(41)43-16-21-10-9-11-21/h6-8,12-15,19-21,27-29H,4-5,9-11,16,18H2,1-3H3,(H,37,42)(H2,34,35,36)/t20-,27-,28-,29-,32+,49-/m0/s1. The first-order valence-corrected chi connectivity index (χ1v) is 17.6. The molecule has 2 fully saturated rings. The van der Waals surface area contributed by atoms with Crippen LogP contribution in [0.25, 0.3) is 5.52 Å². The molecule has 1 aromatic carbocycles. The van der Waals surface area contributed by atoms with Gasteiger partial charge in [-0.3, -0.25) is 18.9 Å². The van der Waals surface area contributed by atoms with E-state index in [9.17, 15) is 24.2 Å². The first kappa shape index (κ1) is 35.7. The zero-order valence-electron chi connectivity index (χ0n) is 27.4. The van der Waals surface area contributed by atoms with E-state index in [0.29, 0.717) is 5.52 Å². The predicted octanol–water partition coefficient (Wildman–Crippen LogP) is 3.81. The summed E-state index contributed by atoms with van der Waals surface area (Å²) >= 11 is 0. The summed E-state index contributed by atoms with van der Waals surface area (Å²) in [5.41, 5.74) is 4.50. The largest absolute Gasteiger partial charge is 0.464 e. The van der Waals surface area contributed by atoms with Crippen LogP contribution in [0.4, 0.5) is 5.82 Å². The lowest BCUT2D eigenvalue weighted by Gasteiger charge is -2.30. The van der Waals surface area contributed by atoms with Crippen LogP contribution in [0.15, 0.2) is 48.8 Å². The molecule has 1 saturated carbocycles. The summed E-state index contributed by atoms with van der Waals surface area (Å²) in [6, 6.07) is 12.1. The minimum atomic E-state index is -4.52. The lowest BCUT2D eigenvalue weighted by Crippen LogP contribution is -2.49. The highest BCUT2D eigenvalue weighted by Gasteiger charge is 2.62. The first-order chi connectivity index (χ1) is 23.5. The number of carbonyl (C=O) groups excluding carboxylic acids is 3. The predicted molar refractivity (Wildman–Crippen MR) is 171 cm³/mol. The fourth-order valence-corrected chi connectivity index (χ4v) is 6.87. The van der Waals surface area contributed by atoms with E-state index in [1.165, 1.54) is 29.9 Å². The van der Waals surface area contributed by atoms with Gasteiger partial charge >= 0.3 is 25.7 Å². The summed E-state index contributed by atoms with van der Waals surface area (Å²) in [5.74, 6) is -1.53. The number of nitrogen functional groups attached to an aromatic ring is 1. The van der Waals surface area contributed by atoms with Gasteiger partial charge in [-0.1, -0.05) is 38.5 Å². The van der Waals surface area contributed by atoms with E-state index in [0.717, 1.165) is 19.3 Å². The summed E-state index contributed by atoms with van der Waals surface area (Å²) < 4.78 is 50.6. The van der Waals surface area contributed by atoms with Crippen LogP contribution in [0, 0.1) is 17.2 Å². The van der Waals surface area contributed by atoms with Gasteiger partial charge in [-0.25, -0.2) is 14.1 Å². The molecule has 262 valence electrons. The number of aromatic nitrogens is 3. The van der Waals surface area contributed by atoms with Crippen LogP contribution in [0.3, 0.4) is 0 Å². The van der Waals surface area contributed by atoms with Crippen molar-refractivity contribution in [2.45, 2.75) is 82.8 Å². The molecular formula is C32H39N6O10P. The minimum absolute atomic E-state index is 0.0451. The van der Waals surface area contributed by atoms with Gasteiger partial charge < -0.3 is 29.2 Å². The van der Waals surface area contributed by atoms with Crippen LogP contribution < -0.4 is 15.3 Å². The van der Waals surface area contributed by atoms with Crippen LogP contribution in [-0.4, -0.2) is 69.6 Å². The monoisotopic (exact) mass is 698 g/mol. The smallest absolute Gasteiger partial charge is 0.459 e. The molecule has 0 amide bonds. The second-order valence-electron chi connectivity index (χ2n) is 11.8. The summed E-state index contributed by atoms with van der Waals surface area (Å²) in [4.78, 5) is 42.3. The van der Waals surface area contributed by atoms with E-state index in [1.807, 2.05) is 6.07 Å². The van der Waals surface area contributed by atoms with Crippen molar-refractivity contribution in [1.82, 2.24) is 19.7 Å². The highest BCUT2D eigenvalue weighted by atomic mass is 31.2. The molecule has 0 unspecified atom stereocenters. The molecular weight excluding hydrogens is 659 g/mol. The third-order valence-corrected chi connectivity index (χ3v) is 9.92. The Balaban J connectivity index is 1.49. The average molecular weight is 699 g/mol. The zero-order valence-corrected chi connectivity index (χ0v) is 28.2. The van der Waals surface area contributed by atoms with Gasteiger partial charge in [0.1, 0.15) is 42.4 Å². The molecule has 3 heterocycles. The highest BCUT2D eigenvalue weighted by Crippen LogP contribution is 2.50. The third-order valence-electron chi connectivity index (χ3n) is 8.30. The average Bonchev–Trinajstić information content (AvgIpc) is 3.63. The molecule has 0 radical (unpaired) electrons. The summed E-state index contributed by atoms with van der Waals surface area (Å²) in [5, 5.41) is 17.5. The summed E-state index contributed by atoms with van der Waals surface area (Å²) in [6.45, 7) is 3.96. The molecule has 3 aromatic rings. The van der Waals surface area contributed by atoms with Gasteiger partial charge in [0.15, 0.2) is 18.0 Å². The zero-order chi connectivity index (χ0) is 35.2. The molecule has 17 heteroatoms. The summed E-state index contributed by atoms with van der Waals surface area (Å²) in [6.07, 6.45) is -0.149. The van der Waals surface area contributed by atoms with Crippen molar-refractivity contribution in [3.63, 3.8) is 0 Å². The highest BCUT2D eigenvalue weighted by molar-refractivity contribution is 7.52. The maximum atomic E-state index is 14.4. The van der Waals surface area contributed by atoms with Crippen molar-refractivity contribution in [2.75, 3.05) is 18.9 Å². The number of carbonyl (C=O) groups is 3. The number of ether oxygens (including phenoxy) is 4. The number of nitriles is 1. The normalized spacial score (nSPS) is 23.8. The maximum Gasteiger partial charge on any atom is 0.459 e. The Bertz CT molecular complexity index is 1740. The Morgan fingerprint density at radius 3 is 2.51 bits per heavy atom. The fraction of sp³-hybridized carbons (Fsp3) is 0.500. The quantitative estimate of drug-likeness (QED) is 0.131. The van der Waals surface area contributed by atoms with E-state index in [-0.39, 0.29) is 42.6 Å². The van der Waals surface area contributed by atoms with Gasteiger partial charge in [-0.05, 0) is 49.9 Å². The molecule has 2 aromatic heterocycles. The molecule has 0 spiro atoms. The lowest BCUT2D eigenvalue weighted by molar-refractivity contribution is -0.169. The van der Waals surface area contributed by atoms with Crippen LogP contribution in [0.5, 0.6) is 5.75 Å². The van der Waals surface area contributed by atoms with Gasteiger partial charge in [0.25, 0.3) is 0 Å². The number of esters is 3. The van der Waals surface area contributed by atoms with E-state index in [1.54, 1.807) is 44.2 Å². The van der Waals surface area contributed by atoms with Gasteiger partial charge in [-0.2, -0.15) is 15.4 Å². The Morgan fingerprint density at radius 2 is 1.86 bits per heavy atom. The molecule has 1 aliphatic heterocycles. The molecule has 2 aliphatic rings. The Hall–Kier alpha value is -4.55. The SMILES string of the molecule is CCC(=O)O[C@H]1[C@H](c2ccc3c(N)ncnn23)O[C@](C#N)(CO[P@@](=O)(N[C@@H](C)C(=O)OCC2CCC2)Oc2ccccc2)[C@H]1OC(=O)CC.